The number of aliphatic hydroxyl groups excluding tert-OH is 4. The Bertz CT molecular complexity index is 480. The minimum absolute atomic E-state index is 0.615. The third-order valence-corrected chi connectivity index (χ3v) is 3.11. The molecule has 0 aromatic rings. The predicted molar refractivity (Wildman–Crippen MR) is 66.9 cm³/mol. The maximum atomic E-state index is 12.1. The van der Waals surface area contributed by atoms with E-state index in [0.29, 0.717) is 0 Å². The molecule has 124 valence electrons. The topological polar surface area (TPSA) is 194 Å². The summed E-state index contributed by atoms with van der Waals surface area (Å²) in [5, 5.41) is 43.4. The van der Waals surface area contributed by atoms with Crippen LogP contribution in [0, 0.1) is 0 Å². The first-order valence-corrected chi connectivity index (χ1v) is 6.08. The number of azide groups is 1. The summed E-state index contributed by atoms with van der Waals surface area (Å²) >= 11 is 0. The highest BCUT2D eigenvalue weighted by Gasteiger charge is 2.57. The molecule has 1 heterocycles. The molecule has 12 heteroatoms. The summed E-state index contributed by atoms with van der Waals surface area (Å²) in [5.74, 6) is -2.07. The van der Waals surface area contributed by atoms with E-state index in [1.807, 2.05) is 5.32 Å². The van der Waals surface area contributed by atoms with Gasteiger partial charge in [-0.1, -0.05) is 0 Å². The van der Waals surface area contributed by atoms with Crippen LogP contribution in [0.3, 0.4) is 0 Å². The SMILES string of the molecule is COC(=O)CNC(=O)[C@@]1(N=[N+]=[N-])O[C@H](CO)[C@@H](O)[C@H](O)[C@H]1O. The molecule has 1 fully saturated rings. The van der Waals surface area contributed by atoms with E-state index in [1.165, 1.54) is 0 Å². The molecule has 22 heavy (non-hydrogen) atoms. The van der Waals surface area contributed by atoms with Gasteiger partial charge >= 0.3 is 5.97 Å². The number of aliphatic hydroxyl groups is 4. The number of amides is 1. The van der Waals surface area contributed by atoms with E-state index in [2.05, 4.69) is 14.8 Å². The summed E-state index contributed by atoms with van der Waals surface area (Å²) in [7, 11) is 1.07. The standard InChI is InChI=1S/C10H16N4O8/c1-21-5(16)2-12-9(20)10(13-14-11)8(19)7(18)6(17)4(3-15)22-10/h4,6-8,15,17-19H,2-3H2,1H3,(H,12,20)/t4-,6-,7+,8-,10+/m1/s1. The van der Waals surface area contributed by atoms with Crippen LogP contribution in [0.15, 0.2) is 5.11 Å². The van der Waals surface area contributed by atoms with Gasteiger partial charge in [-0.15, -0.1) is 0 Å². The molecular formula is C10H16N4O8. The molecule has 0 unspecified atom stereocenters. The van der Waals surface area contributed by atoms with Gasteiger partial charge in [0.05, 0.1) is 13.7 Å². The molecule has 0 spiro atoms. The van der Waals surface area contributed by atoms with Crippen LogP contribution in [-0.4, -0.2) is 82.7 Å². The first-order chi connectivity index (χ1) is 10.3. The largest absolute Gasteiger partial charge is 0.468 e. The van der Waals surface area contributed by atoms with Gasteiger partial charge in [0.2, 0.25) is 0 Å². The van der Waals surface area contributed by atoms with Gasteiger partial charge in [-0.25, -0.2) is 0 Å². The van der Waals surface area contributed by atoms with Gasteiger partial charge in [0, 0.05) is 4.91 Å². The fraction of sp³-hybridized carbons (Fsp3) is 0.800. The summed E-state index contributed by atoms with van der Waals surface area (Å²) in [4.78, 5) is 25.5. The molecule has 5 N–H and O–H groups in total. The Morgan fingerprint density at radius 2 is 2.05 bits per heavy atom. The highest BCUT2D eigenvalue weighted by Crippen LogP contribution is 2.32. The lowest BCUT2D eigenvalue weighted by molar-refractivity contribution is -0.264. The number of methoxy groups -OCH3 is 1. The Labute approximate surface area is 123 Å². The zero-order valence-electron chi connectivity index (χ0n) is 11.5. The lowest BCUT2D eigenvalue weighted by Gasteiger charge is -2.44. The minimum atomic E-state index is -2.66. The van der Waals surface area contributed by atoms with Crippen molar-refractivity contribution in [3.05, 3.63) is 10.4 Å². The van der Waals surface area contributed by atoms with Gasteiger partial charge in [-0.2, -0.15) is 0 Å². The molecule has 0 aromatic carbocycles. The number of hydrogen-bond donors (Lipinski definition) is 5. The number of carbonyl (C=O) groups is 2. The monoisotopic (exact) mass is 320 g/mol. The molecule has 12 nitrogen and oxygen atoms in total. The maximum Gasteiger partial charge on any atom is 0.325 e. The van der Waals surface area contributed by atoms with Crippen molar-refractivity contribution in [2.75, 3.05) is 20.3 Å². The van der Waals surface area contributed by atoms with Crippen LogP contribution in [0.2, 0.25) is 0 Å². The van der Waals surface area contributed by atoms with Crippen molar-refractivity contribution in [2.24, 2.45) is 5.11 Å². The van der Waals surface area contributed by atoms with Gasteiger partial charge < -0.3 is 35.2 Å². The summed E-state index contributed by atoms with van der Waals surface area (Å²) in [6, 6.07) is 0. The summed E-state index contributed by atoms with van der Waals surface area (Å²) < 4.78 is 9.29. The number of hydrogen-bond acceptors (Lipinski definition) is 9. The molecule has 0 saturated carbocycles. The average molecular weight is 320 g/mol. The molecule has 1 aliphatic heterocycles. The van der Waals surface area contributed by atoms with Gasteiger partial charge in [0.15, 0.2) is 0 Å². The predicted octanol–water partition coefficient (Wildman–Crippen LogP) is -3.24. The van der Waals surface area contributed by atoms with Gasteiger partial charge in [-0.05, 0) is 10.6 Å². The van der Waals surface area contributed by atoms with Gasteiger partial charge in [0.1, 0.15) is 31.0 Å². The normalized spacial score (nSPS) is 34.4. The van der Waals surface area contributed by atoms with Crippen LogP contribution >= 0.6 is 0 Å². The molecule has 0 aliphatic carbocycles. The average Bonchev–Trinajstić information content (AvgIpc) is 2.52. The highest BCUT2D eigenvalue weighted by molar-refractivity contribution is 5.89. The van der Waals surface area contributed by atoms with E-state index in [0.717, 1.165) is 7.11 Å². The summed E-state index contributed by atoms with van der Waals surface area (Å²) in [5.41, 5.74) is 5.92. The molecule has 1 amide bonds. The lowest BCUT2D eigenvalue weighted by Crippen LogP contribution is -2.69. The van der Waals surface area contributed by atoms with Crippen molar-refractivity contribution in [2.45, 2.75) is 30.1 Å². The Hall–Kier alpha value is -1.95. The fourth-order valence-electron chi connectivity index (χ4n) is 1.89. The van der Waals surface area contributed by atoms with Crippen molar-refractivity contribution in [3.63, 3.8) is 0 Å². The first-order valence-electron chi connectivity index (χ1n) is 6.08. The molecule has 0 radical (unpaired) electrons. The molecular weight excluding hydrogens is 304 g/mol. The van der Waals surface area contributed by atoms with Crippen molar-refractivity contribution in [1.82, 2.24) is 5.32 Å². The van der Waals surface area contributed by atoms with Crippen molar-refractivity contribution >= 4 is 11.9 Å². The van der Waals surface area contributed by atoms with E-state index in [4.69, 9.17) is 15.4 Å². The number of carbonyl (C=O) groups excluding carboxylic acids is 2. The maximum absolute atomic E-state index is 12.1. The number of ether oxygens (including phenoxy) is 2. The van der Waals surface area contributed by atoms with E-state index in [-0.39, 0.29) is 0 Å². The van der Waals surface area contributed by atoms with Gasteiger partial charge in [-0.3, -0.25) is 9.59 Å². The molecule has 1 aliphatic rings. The number of rotatable bonds is 5. The summed E-state index contributed by atoms with van der Waals surface area (Å²) in [6.45, 7) is -1.44. The van der Waals surface area contributed by atoms with E-state index in [1.54, 1.807) is 0 Å². The Morgan fingerprint density at radius 3 is 2.55 bits per heavy atom. The van der Waals surface area contributed by atoms with Crippen LogP contribution < -0.4 is 5.32 Å². The molecule has 1 rings (SSSR count). The Kier molecular flexibility index (Phi) is 6.05. The van der Waals surface area contributed by atoms with Crippen molar-refractivity contribution in [1.29, 1.82) is 0 Å². The zero-order chi connectivity index (χ0) is 16.9. The minimum Gasteiger partial charge on any atom is -0.468 e. The Morgan fingerprint density at radius 1 is 1.41 bits per heavy atom. The van der Waals surface area contributed by atoms with Gasteiger partial charge in [0.25, 0.3) is 11.6 Å². The smallest absolute Gasteiger partial charge is 0.325 e. The molecule has 5 atom stereocenters. The van der Waals surface area contributed by atoms with Crippen LogP contribution in [0.4, 0.5) is 0 Å². The third kappa shape index (κ3) is 3.27. The van der Waals surface area contributed by atoms with E-state index < -0.39 is 55.2 Å². The van der Waals surface area contributed by atoms with E-state index >= 15 is 0 Å². The number of nitrogens with one attached hydrogen (secondary N) is 1. The second-order valence-electron chi connectivity index (χ2n) is 4.41. The second kappa shape index (κ2) is 7.35. The third-order valence-electron chi connectivity index (χ3n) is 3.11. The quantitative estimate of drug-likeness (QED) is 0.151. The fourth-order valence-corrected chi connectivity index (χ4v) is 1.89. The number of nitrogens with zero attached hydrogens (tertiary/aromatic N) is 3. The van der Waals surface area contributed by atoms with Crippen molar-refractivity contribution < 1.29 is 39.5 Å². The first kappa shape index (κ1) is 18.1. The van der Waals surface area contributed by atoms with Crippen molar-refractivity contribution in [3.8, 4) is 0 Å². The number of esters is 1. The summed E-state index contributed by atoms with van der Waals surface area (Å²) in [6.07, 6.45) is -7.26. The lowest BCUT2D eigenvalue weighted by atomic mass is 9.90. The Balaban J connectivity index is 3.09. The second-order valence-corrected chi connectivity index (χ2v) is 4.41. The van der Waals surface area contributed by atoms with Crippen LogP contribution in [0.25, 0.3) is 10.4 Å². The van der Waals surface area contributed by atoms with Crippen LogP contribution in [-0.2, 0) is 19.1 Å². The molecule has 0 bridgehead atoms. The molecule has 0 aromatic heterocycles. The highest BCUT2D eigenvalue weighted by atomic mass is 16.6. The zero-order valence-corrected chi connectivity index (χ0v) is 11.5. The van der Waals surface area contributed by atoms with Crippen LogP contribution in [0.1, 0.15) is 0 Å². The molecule has 1 saturated heterocycles. The van der Waals surface area contributed by atoms with E-state index in [9.17, 15) is 24.9 Å². The van der Waals surface area contributed by atoms with Crippen LogP contribution in [0.5, 0.6) is 0 Å².